The summed E-state index contributed by atoms with van der Waals surface area (Å²) in [6.45, 7) is 4.00. The second kappa shape index (κ2) is 20.9. The minimum Gasteiger partial charge on any atom is -1.00 e. The number of hydrogen-bond donors (Lipinski definition) is 0. The fraction of sp³-hybridized carbons (Fsp3) is 0.0769. The molecule has 0 radical (unpaired) electrons. The van der Waals surface area contributed by atoms with Gasteiger partial charge in [-0.15, -0.1) is 0 Å². The van der Waals surface area contributed by atoms with Crippen molar-refractivity contribution in [3.63, 3.8) is 0 Å². The van der Waals surface area contributed by atoms with E-state index in [0.717, 1.165) is 17.2 Å². The summed E-state index contributed by atoms with van der Waals surface area (Å²) in [7, 11) is 1.55. The van der Waals surface area contributed by atoms with Gasteiger partial charge in [0.1, 0.15) is 0 Å². The summed E-state index contributed by atoms with van der Waals surface area (Å²) in [5.41, 5.74) is 0. The summed E-state index contributed by atoms with van der Waals surface area (Å²) in [6.07, 6.45) is 0. The molecule has 0 fully saturated rings. The van der Waals surface area contributed by atoms with Crippen LogP contribution < -0.4 is 46.0 Å². The Morgan fingerprint density at radius 1 is 0.355 bits per heavy atom. The van der Waals surface area contributed by atoms with Gasteiger partial charge in [0.2, 0.25) is 0 Å². The molecule has 0 saturated carbocycles. The fourth-order valence-corrected chi connectivity index (χ4v) is 4.52. The van der Waals surface area contributed by atoms with Crippen LogP contribution in [0, 0.1) is 0 Å². The molecule has 0 aliphatic carbocycles. The quantitative estimate of drug-likeness (QED) is 0.230. The Hall–Kier alpha value is -1.02. The molecule has 31 heavy (non-hydrogen) atoms. The Kier molecular flexibility index (Phi) is 21.6. The first-order valence-corrected chi connectivity index (χ1v) is 11.6. The van der Waals surface area contributed by atoms with Gasteiger partial charge in [0, 0.05) is 0 Å². The van der Waals surface area contributed by atoms with Crippen LogP contribution in [0.2, 0.25) is 0 Å². The van der Waals surface area contributed by atoms with Crippen molar-refractivity contribution < 1.29 is 45.2 Å². The third kappa shape index (κ3) is 13.9. The molecule has 0 aliphatic heterocycles. The molecule has 0 unspecified atom stereocenters. The van der Waals surface area contributed by atoms with Crippen LogP contribution in [0.3, 0.4) is 0 Å². The molecule has 0 aliphatic rings. The van der Waals surface area contributed by atoms with E-state index >= 15 is 0 Å². The average Bonchev–Trinajstić information content (AvgIpc) is 2.79. The molecule has 4 rings (SSSR count). The van der Waals surface area contributed by atoms with E-state index in [1.807, 2.05) is 13.8 Å². The SMILES string of the molecule is CC.[Cl-].[Cl-].[Pd+2].c1ccc(Pc2ccccc2)cc1.c1ccc(Pc2ccccc2)cc1. The Morgan fingerprint density at radius 3 is 0.677 bits per heavy atom. The Balaban J connectivity index is 0. The van der Waals surface area contributed by atoms with E-state index in [9.17, 15) is 0 Å². The minimum atomic E-state index is 0. The van der Waals surface area contributed by atoms with Crippen molar-refractivity contribution in [1.29, 1.82) is 0 Å². The van der Waals surface area contributed by atoms with Crippen molar-refractivity contribution in [3.8, 4) is 0 Å². The Labute approximate surface area is 217 Å². The number of hydrogen-bond acceptors (Lipinski definition) is 0. The smallest absolute Gasteiger partial charge is 1.00 e. The van der Waals surface area contributed by atoms with Gasteiger partial charge in [-0.05, 0) is 21.2 Å². The molecule has 0 heterocycles. The van der Waals surface area contributed by atoms with Gasteiger partial charge in [0.05, 0.1) is 0 Å². The third-order valence-electron chi connectivity index (χ3n) is 3.67. The first-order valence-electron chi connectivity index (χ1n) is 9.64. The average molecular weight is 580 g/mol. The first kappa shape index (κ1) is 32.2. The van der Waals surface area contributed by atoms with Crippen LogP contribution in [0.25, 0.3) is 0 Å². The molecule has 0 atom stereocenters. The summed E-state index contributed by atoms with van der Waals surface area (Å²) in [6, 6.07) is 42.3. The van der Waals surface area contributed by atoms with Gasteiger partial charge in [-0.3, -0.25) is 0 Å². The van der Waals surface area contributed by atoms with Crippen LogP contribution in [-0.2, 0) is 20.4 Å². The third-order valence-corrected chi connectivity index (χ3v) is 6.16. The van der Waals surface area contributed by atoms with Crippen LogP contribution in [0.4, 0.5) is 0 Å². The zero-order valence-electron chi connectivity index (χ0n) is 17.6. The predicted molar refractivity (Wildman–Crippen MR) is 132 cm³/mol. The standard InChI is InChI=1S/2C12H11P.C2H6.2ClH.Pd/c2*1-3-7-11(8-4-1)13-12-9-5-2-6-10-12;1-2;;;/h2*1-10,13H;1-2H3;2*1H;/q;;;;;+2/p-2. The molecule has 0 saturated heterocycles. The zero-order valence-corrected chi connectivity index (χ0v) is 22.7. The monoisotopic (exact) mass is 578 g/mol. The normalized spacial score (nSPS) is 8.45. The summed E-state index contributed by atoms with van der Waals surface area (Å²) in [4.78, 5) is 0. The number of rotatable bonds is 4. The zero-order chi connectivity index (χ0) is 19.9. The summed E-state index contributed by atoms with van der Waals surface area (Å²) in [5.74, 6) is 0. The van der Waals surface area contributed by atoms with E-state index in [-0.39, 0.29) is 45.2 Å². The van der Waals surface area contributed by atoms with Crippen LogP contribution in [-0.4, -0.2) is 0 Å². The largest absolute Gasteiger partial charge is 2.00 e. The van der Waals surface area contributed by atoms with E-state index in [0.29, 0.717) is 0 Å². The van der Waals surface area contributed by atoms with Gasteiger partial charge in [-0.25, -0.2) is 0 Å². The van der Waals surface area contributed by atoms with Crippen LogP contribution in [0.15, 0.2) is 121 Å². The predicted octanol–water partition coefficient (Wildman–Crippen LogP) is -0.336. The molecular formula is C26H28Cl2P2Pd. The van der Waals surface area contributed by atoms with E-state index in [1.54, 1.807) is 0 Å². The van der Waals surface area contributed by atoms with Crippen molar-refractivity contribution in [2.75, 3.05) is 0 Å². The fourth-order valence-electron chi connectivity index (χ4n) is 2.42. The number of halogens is 2. The van der Waals surface area contributed by atoms with E-state index in [2.05, 4.69) is 121 Å². The van der Waals surface area contributed by atoms with Crippen molar-refractivity contribution in [1.82, 2.24) is 0 Å². The van der Waals surface area contributed by atoms with Gasteiger partial charge in [0.25, 0.3) is 0 Å². The van der Waals surface area contributed by atoms with Gasteiger partial charge in [0.15, 0.2) is 0 Å². The summed E-state index contributed by atoms with van der Waals surface area (Å²) in [5, 5.41) is 5.59. The molecule has 0 nitrogen and oxygen atoms in total. The summed E-state index contributed by atoms with van der Waals surface area (Å²) >= 11 is 0. The van der Waals surface area contributed by atoms with E-state index in [4.69, 9.17) is 0 Å². The maximum atomic E-state index is 2.17. The van der Waals surface area contributed by atoms with Crippen molar-refractivity contribution >= 4 is 38.4 Å². The molecule has 5 heteroatoms. The van der Waals surface area contributed by atoms with Gasteiger partial charge >= 0.3 is 20.4 Å². The van der Waals surface area contributed by atoms with Gasteiger partial charge < -0.3 is 24.8 Å². The van der Waals surface area contributed by atoms with Crippen molar-refractivity contribution in [2.45, 2.75) is 13.8 Å². The van der Waals surface area contributed by atoms with Crippen LogP contribution in [0.1, 0.15) is 13.8 Å². The van der Waals surface area contributed by atoms with Crippen molar-refractivity contribution in [3.05, 3.63) is 121 Å². The second-order valence-corrected chi connectivity index (χ2v) is 8.52. The molecule has 0 spiro atoms. The molecule has 0 aromatic heterocycles. The Morgan fingerprint density at radius 2 is 0.516 bits per heavy atom. The van der Waals surface area contributed by atoms with Crippen molar-refractivity contribution in [2.24, 2.45) is 0 Å². The maximum absolute atomic E-state index is 2.17. The van der Waals surface area contributed by atoms with Crippen LogP contribution >= 0.6 is 17.2 Å². The van der Waals surface area contributed by atoms with E-state index in [1.165, 1.54) is 21.2 Å². The summed E-state index contributed by atoms with van der Waals surface area (Å²) < 4.78 is 0. The molecule has 0 bridgehead atoms. The molecule has 166 valence electrons. The maximum Gasteiger partial charge on any atom is 2.00 e. The van der Waals surface area contributed by atoms with Gasteiger partial charge in [-0.2, -0.15) is 0 Å². The van der Waals surface area contributed by atoms with Crippen LogP contribution in [0.5, 0.6) is 0 Å². The van der Waals surface area contributed by atoms with E-state index < -0.39 is 0 Å². The number of benzene rings is 4. The minimum absolute atomic E-state index is 0. The molecule has 0 amide bonds. The molecule has 4 aromatic rings. The molecule has 0 N–H and O–H groups in total. The second-order valence-electron chi connectivity index (χ2n) is 5.71. The molecule has 4 aromatic carbocycles. The van der Waals surface area contributed by atoms with Gasteiger partial charge in [-0.1, -0.05) is 152 Å². The molecular weight excluding hydrogens is 552 g/mol. The Bertz CT molecular complexity index is 726. The topological polar surface area (TPSA) is 0 Å². The first-order chi connectivity index (χ1) is 13.9.